The molecule has 0 radical (unpaired) electrons. The van der Waals surface area contributed by atoms with E-state index in [0.717, 1.165) is 35.4 Å². The van der Waals surface area contributed by atoms with Gasteiger partial charge in [-0.3, -0.25) is 14.3 Å². The number of piperidine rings is 1. The lowest BCUT2D eigenvalue weighted by Gasteiger charge is -2.31. The SMILES string of the molecule is Cc1nn(C)c2sc(C(=O)NC(C)C(=O)NC3CNCCC3C)cc12. The van der Waals surface area contributed by atoms with Crippen molar-refractivity contribution in [2.24, 2.45) is 13.0 Å². The number of hydrogen-bond donors (Lipinski definition) is 3. The lowest BCUT2D eigenvalue weighted by atomic mass is 9.94. The molecule has 3 N–H and O–H groups in total. The van der Waals surface area contributed by atoms with Gasteiger partial charge in [0.2, 0.25) is 5.91 Å². The largest absolute Gasteiger partial charge is 0.350 e. The highest BCUT2D eigenvalue weighted by Crippen LogP contribution is 2.27. The molecule has 0 spiro atoms. The van der Waals surface area contributed by atoms with Crippen LogP contribution in [0.4, 0.5) is 0 Å². The zero-order chi connectivity index (χ0) is 18.1. The first-order valence-electron chi connectivity index (χ1n) is 8.62. The quantitative estimate of drug-likeness (QED) is 0.761. The zero-order valence-corrected chi connectivity index (χ0v) is 15.9. The number of rotatable bonds is 4. The van der Waals surface area contributed by atoms with E-state index >= 15 is 0 Å². The molecule has 3 rings (SSSR count). The first-order chi connectivity index (χ1) is 11.9. The van der Waals surface area contributed by atoms with Crippen LogP contribution >= 0.6 is 11.3 Å². The predicted octanol–water partition coefficient (Wildman–Crippen LogP) is 1.18. The van der Waals surface area contributed by atoms with Crippen molar-refractivity contribution < 1.29 is 9.59 Å². The summed E-state index contributed by atoms with van der Waals surface area (Å²) in [5.41, 5.74) is 0.900. The van der Waals surface area contributed by atoms with Crippen LogP contribution in [0.2, 0.25) is 0 Å². The van der Waals surface area contributed by atoms with Gasteiger partial charge in [0.15, 0.2) is 0 Å². The van der Waals surface area contributed by atoms with Gasteiger partial charge in [-0.05, 0) is 38.8 Å². The highest BCUT2D eigenvalue weighted by atomic mass is 32.1. The fraction of sp³-hybridized carbons (Fsp3) is 0.588. The van der Waals surface area contributed by atoms with E-state index in [1.54, 1.807) is 11.6 Å². The molecule has 2 amide bonds. The minimum absolute atomic E-state index is 0.110. The average Bonchev–Trinajstić information content (AvgIpc) is 3.11. The summed E-state index contributed by atoms with van der Waals surface area (Å²) in [5, 5.41) is 14.4. The Balaban J connectivity index is 1.62. The molecule has 0 saturated carbocycles. The van der Waals surface area contributed by atoms with Crippen LogP contribution in [0.15, 0.2) is 6.07 Å². The molecular weight excluding hydrogens is 338 g/mol. The van der Waals surface area contributed by atoms with Crippen molar-refractivity contribution in [1.82, 2.24) is 25.7 Å². The summed E-state index contributed by atoms with van der Waals surface area (Å²) in [6, 6.07) is 1.37. The smallest absolute Gasteiger partial charge is 0.262 e. The minimum Gasteiger partial charge on any atom is -0.350 e. The Morgan fingerprint density at radius 1 is 1.48 bits per heavy atom. The Bertz CT molecular complexity index is 762. The summed E-state index contributed by atoms with van der Waals surface area (Å²) in [7, 11) is 1.86. The van der Waals surface area contributed by atoms with Crippen LogP contribution in [0.1, 0.15) is 35.6 Å². The lowest BCUT2D eigenvalue weighted by Crippen LogP contribution is -2.54. The van der Waals surface area contributed by atoms with Crippen LogP contribution in [-0.4, -0.2) is 46.8 Å². The van der Waals surface area contributed by atoms with Gasteiger partial charge in [0, 0.05) is 25.0 Å². The number of nitrogens with one attached hydrogen (secondary N) is 3. The van der Waals surface area contributed by atoms with E-state index in [9.17, 15) is 9.59 Å². The molecular formula is C17H25N5O2S. The van der Waals surface area contributed by atoms with Gasteiger partial charge in [0.25, 0.3) is 5.91 Å². The van der Waals surface area contributed by atoms with Crippen LogP contribution in [0, 0.1) is 12.8 Å². The van der Waals surface area contributed by atoms with Crippen molar-refractivity contribution in [3.05, 3.63) is 16.6 Å². The number of thiophene rings is 1. The molecule has 136 valence electrons. The second-order valence-corrected chi connectivity index (χ2v) is 7.85. The maximum atomic E-state index is 12.5. The van der Waals surface area contributed by atoms with Gasteiger partial charge in [-0.2, -0.15) is 5.10 Å². The number of nitrogens with zero attached hydrogens (tertiary/aromatic N) is 2. The van der Waals surface area contributed by atoms with E-state index in [-0.39, 0.29) is 17.9 Å². The molecule has 2 aromatic heterocycles. The lowest BCUT2D eigenvalue weighted by molar-refractivity contribution is -0.123. The molecule has 3 atom stereocenters. The molecule has 25 heavy (non-hydrogen) atoms. The summed E-state index contributed by atoms with van der Waals surface area (Å²) in [6.07, 6.45) is 1.04. The molecule has 3 heterocycles. The van der Waals surface area contributed by atoms with Gasteiger partial charge in [-0.15, -0.1) is 11.3 Å². The Morgan fingerprint density at radius 2 is 2.24 bits per heavy atom. The Morgan fingerprint density at radius 3 is 2.92 bits per heavy atom. The minimum atomic E-state index is -0.578. The van der Waals surface area contributed by atoms with E-state index in [1.807, 2.05) is 20.0 Å². The summed E-state index contributed by atoms with van der Waals surface area (Å²) in [4.78, 5) is 26.4. The van der Waals surface area contributed by atoms with Gasteiger partial charge in [0.1, 0.15) is 10.9 Å². The number of aryl methyl sites for hydroxylation is 2. The molecule has 0 bridgehead atoms. The first kappa shape index (κ1) is 17.9. The van der Waals surface area contributed by atoms with Crippen molar-refractivity contribution in [3.8, 4) is 0 Å². The first-order valence-corrected chi connectivity index (χ1v) is 9.43. The van der Waals surface area contributed by atoms with E-state index in [2.05, 4.69) is 28.0 Å². The number of carbonyl (C=O) groups is 2. The number of carbonyl (C=O) groups excluding carboxylic acids is 2. The fourth-order valence-corrected chi connectivity index (χ4v) is 4.17. The molecule has 0 aromatic carbocycles. The topological polar surface area (TPSA) is 88.0 Å². The average molecular weight is 363 g/mol. The molecule has 3 unspecified atom stereocenters. The third-order valence-electron chi connectivity index (χ3n) is 4.82. The Kier molecular flexibility index (Phi) is 5.10. The van der Waals surface area contributed by atoms with Gasteiger partial charge < -0.3 is 16.0 Å². The summed E-state index contributed by atoms with van der Waals surface area (Å²) in [6.45, 7) is 7.54. The third kappa shape index (κ3) is 3.69. The van der Waals surface area contributed by atoms with E-state index < -0.39 is 6.04 Å². The monoisotopic (exact) mass is 363 g/mol. The normalized spacial score (nSPS) is 21.9. The van der Waals surface area contributed by atoms with Crippen molar-refractivity contribution in [1.29, 1.82) is 0 Å². The van der Waals surface area contributed by atoms with Gasteiger partial charge in [0.05, 0.1) is 10.6 Å². The fourth-order valence-electron chi connectivity index (χ4n) is 3.14. The Hall–Kier alpha value is -1.93. The molecule has 1 aliphatic heterocycles. The molecule has 1 saturated heterocycles. The molecule has 1 fully saturated rings. The highest BCUT2D eigenvalue weighted by Gasteiger charge is 2.26. The van der Waals surface area contributed by atoms with Crippen molar-refractivity contribution in [3.63, 3.8) is 0 Å². The number of amides is 2. The van der Waals surface area contributed by atoms with Crippen LogP contribution in [0.3, 0.4) is 0 Å². The van der Waals surface area contributed by atoms with Crippen molar-refractivity contribution in [2.45, 2.75) is 39.3 Å². The third-order valence-corrected chi connectivity index (χ3v) is 6.02. The standard InChI is InChI=1S/C17H25N5O2S/c1-9-5-6-18-8-13(9)20-15(23)11(3)19-16(24)14-7-12-10(2)21-22(4)17(12)25-14/h7,9,11,13,18H,5-6,8H2,1-4H3,(H,19,24)(H,20,23). The summed E-state index contributed by atoms with van der Waals surface area (Å²) >= 11 is 1.39. The number of fused-ring (bicyclic) bond motifs is 1. The van der Waals surface area contributed by atoms with Crippen LogP contribution in [0.25, 0.3) is 10.2 Å². The van der Waals surface area contributed by atoms with E-state index in [1.165, 1.54) is 11.3 Å². The predicted molar refractivity (Wildman–Crippen MR) is 98.8 cm³/mol. The van der Waals surface area contributed by atoms with Crippen LogP contribution < -0.4 is 16.0 Å². The molecule has 2 aromatic rings. The van der Waals surface area contributed by atoms with Gasteiger partial charge in [-0.25, -0.2) is 0 Å². The molecule has 1 aliphatic rings. The number of aromatic nitrogens is 2. The maximum absolute atomic E-state index is 12.5. The summed E-state index contributed by atoms with van der Waals surface area (Å²) in [5.74, 6) is 0.0668. The zero-order valence-electron chi connectivity index (χ0n) is 15.0. The van der Waals surface area contributed by atoms with E-state index in [0.29, 0.717) is 10.8 Å². The van der Waals surface area contributed by atoms with Gasteiger partial charge in [-0.1, -0.05) is 6.92 Å². The Labute approximate surface area is 151 Å². The molecule has 8 heteroatoms. The number of hydrogen-bond acceptors (Lipinski definition) is 5. The van der Waals surface area contributed by atoms with Crippen LogP contribution in [-0.2, 0) is 11.8 Å². The maximum Gasteiger partial charge on any atom is 0.262 e. The second-order valence-electron chi connectivity index (χ2n) is 6.82. The summed E-state index contributed by atoms with van der Waals surface area (Å²) < 4.78 is 1.78. The highest BCUT2D eigenvalue weighted by molar-refractivity contribution is 7.20. The van der Waals surface area contributed by atoms with Crippen molar-refractivity contribution >= 4 is 33.4 Å². The van der Waals surface area contributed by atoms with Crippen molar-refractivity contribution in [2.75, 3.05) is 13.1 Å². The van der Waals surface area contributed by atoms with Gasteiger partial charge >= 0.3 is 0 Å². The van der Waals surface area contributed by atoms with E-state index in [4.69, 9.17) is 0 Å². The second kappa shape index (κ2) is 7.13. The van der Waals surface area contributed by atoms with Crippen LogP contribution in [0.5, 0.6) is 0 Å². The molecule has 0 aliphatic carbocycles. The molecule has 7 nitrogen and oxygen atoms in total.